The van der Waals surface area contributed by atoms with Gasteiger partial charge in [0.05, 0.1) is 16.6 Å². The summed E-state index contributed by atoms with van der Waals surface area (Å²) in [7, 11) is 0. The number of hydrogen-bond acceptors (Lipinski definition) is 4. The van der Waals surface area contributed by atoms with E-state index in [0.717, 1.165) is 41.3 Å². The second-order valence-electron chi connectivity index (χ2n) is 5.71. The van der Waals surface area contributed by atoms with Crippen LogP contribution in [0.2, 0.25) is 0 Å². The molecule has 0 radical (unpaired) electrons. The number of aromatic nitrogens is 1. The third kappa shape index (κ3) is 6.70. The second kappa shape index (κ2) is 13.0. The van der Waals surface area contributed by atoms with Crippen molar-refractivity contribution >= 4 is 27.7 Å². The van der Waals surface area contributed by atoms with Crippen LogP contribution < -0.4 is 41.2 Å². The number of fused-ring (bicyclic) bond motifs is 2. The summed E-state index contributed by atoms with van der Waals surface area (Å²) in [6.45, 7) is 2.90. The molecule has 0 unspecified atom stereocenters. The van der Waals surface area contributed by atoms with E-state index in [2.05, 4.69) is 21.7 Å². The van der Waals surface area contributed by atoms with Gasteiger partial charge in [0.2, 0.25) is 0 Å². The summed E-state index contributed by atoms with van der Waals surface area (Å²) in [4.78, 5) is 17.2. The van der Waals surface area contributed by atoms with Gasteiger partial charge >= 0.3 is 21.1 Å². The van der Waals surface area contributed by atoms with E-state index in [9.17, 15) is 4.79 Å². The molecule has 8 heteroatoms. The number of para-hydroxylation sites is 2. The Labute approximate surface area is 185 Å². The molecule has 1 amide bonds. The maximum atomic E-state index is 12.5. The van der Waals surface area contributed by atoms with Crippen molar-refractivity contribution in [3.63, 3.8) is 0 Å². The molecule has 3 aromatic rings. The van der Waals surface area contributed by atoms with E-state index in [0.29, 0.717) is 18.7 Å². The first-order valence-corrected chi connectivity index (χ1v) is 8.27. The standard InChI is InChI=1S/C19H22N4O.2ClH.Pt/c20-9-12-21-10-4-11-22-19(24)16-7-3-6-15-13-14-5-1-2-8-17(14)23-18(15)16;;;/h1-3,5-8,13,21H,4,9-12,20H2,(H,22,24);2*1H;/q;;;+2/p-2. The van der Waals surface area contributed by atoms with Crippen molar-refractivity contribution in [2.45, 2.75) is 6.42 Å². The Bertz CT molecular complexity index is 863. The molecule has 0 saturated heterocycles. The minimum Gasteiger partial charge on any atom is -1.00 e. The molecule has 0 spiro atoms. The Morgan fingerprint density at radius 3 is 2.48 bits per heavy atom. The minimum absolute atomic E-state index is 0. The number of nitrogens with zero attached hydrogens (tertiary/aromatic N) is 1. The number of pyridine rings is 1. The van der Waals surface area contributed by atoms with Gasteiger partial charge in [-0.1, -0.05) is 30.3 Å². The molecule has 27 heavy (non-hydrogen) atoms. The first-order chi connectivity index (χ1) is 11.8. The van der Waals surface area contributed by atoms with Crippen LogP contribution in [-0.4, -0.2) is 37.1 Å². The number of halogens is 2. The summed E-state index contributed by atoms with van der Waals surface area (Å²) >= 11 is 0. The van der Waals surface area contributed by atoms with Gasteiger partial charge in [-0.2, -0.15) is 0 Å². The molecule has 0 fully saturated rings. The number of nitrogens with one attached hydrogen (secondary N) is 2. The molecular weight excluding hydrogens is 566 g/mol. The first kappa shape index (κ1) is 25.8. The average molecular weight is 588 g/mol. The van der Waals surface area contributed by atoms with Gasteiger partial charge in [0.1, 0.15) is 0 Å². The number of benzene rings is 2. The van der Waals surface area contributed by atoms with Crippen LogP contribution in [0.3, 0.4) is 0 Å². The van der Waals surface area contributed by atoms with Crippen LogP contribution in [0.15, 0.2) is 48.5 Å². The van der Waals surface area contributed by atoms with Crippen molar-refractivity contribution in [2.75, 3.05) is 26.2 Å². The third-order valence-electron chi connectivity index (χ3n) is 3.93. The van der Waals surface area contributed by atoms with E-state index in [1.165, 1.54) is 0 Å². The van der Waals surface area contributed by atoms with E-state index < -0.39 is 0 Å². The fourth-order valence-corrected chi connectivity index (χ4v) is 2.72. The van der Waals surface area contributed by atoms with Crippen LogP contribution in [0.1, 0.15) is 16.8 Å². The molecular formula is C19H22Cl2N4OPt. The van der Waals surface area contributed by atoms with Gasteiger partial charge in [0.15, 0.2) is 0 Å². The maximum absolute atomic E-state index is 12.5. The van der Waals surface area contributed by atoms with E-state index in [1.54, 1.807) is 0 Å². The number of amides is 1. The van der Waals surface area contributed by atoms with Gasteiger partial charge in [-0.15, -0.1) is 0 Å². The van der Waals surface area contributed by atoms with Gasteiger partial charge in [0, 0.05) is 30.4 Å². The van der Waals surface area contributed by atoms with Crippen molar-refractivity contribution in [2.24, 2.45) is 5.73 Å². The van der Waals surface area contributed by atoms with Crippen molar-refractivity contribution < 1.29 is 50.7 Å². The predicted molar refractivity (Wildman–Crippen MR) is 98.1 cm³/mol. The normalized spacial score (nSPS) is 9.81. The molecule has 1 aromatic heterocycles. The SMILES string of the molecule is NCCNCCCNC(=O)c1cccc2cc3ccccc3nc12.[Cl-].[Cl-].[Pt+2]. The van der Waals surface area contributed by atoms with Crippen LogP contribution in [0, 0.1) is 0 Å². The van der Waals surface area contributed by atoms with Gasteiger partial charge in [-0.3, -0.25) is 4.79 Å². The van der Waals surface area contributed by atoms with Crippen LogP contribution in [-0.2, 0) is 21.1 Å². The average Bonchev–Trinajstić information content (AvgIpc) is 2.62. The molecule has 0 aliphatic rings. The fourth-order valence-electron chi connectivity index (χ4n) is 2.72. The monoisotopic (exact) mass is 587 g/mol. The molecule has 3 rings (SSSR count). The van der Waals surface area contributed by atoms with Gasteiger partial charge in [-0.25, -0.2) is 4.98 Å². The molecule has 2 aromatic carbocycles. The number of nitrogens with two attached hydrogens (primary N) is 1. The molecule has 0 aliphatic carbocycles. The van der Waals surface area contributed by atoms with Gasteiger partial charge in [0.25, 0.3) is 5.91 Å². The van der Waals surface area contributed by atoms with Crippen molar-refractivity contribution in [3.8, 4) is 0 Å². The van der Waals surface area contributed by atoms with Crippen LogP contribution in [0.25, 0.3) is 21.8 Å². The Morgan fingerprint density at radius 2 is 1.70 bits per heavy atom. The smallest absolute Gasteiger partial charge is 1.00 e. The number of carbonyl (C=O) groups excluding carboxylic acids is 1. The largest absolute Gasteiger partial charge is 2.00 e. The predicted octanol–water partition coefficient (Wildman–Crippen LogP) is -3.94. The molecule has 5 nitrogen and oxygen atoms in total. The van der Waals surface area contributed by atoms with Crippen molar-refractivity contribution in [3.05, 3.63) is 54.1 Å². The summed E-state index contributed by atoms with van der Waals surface area (Å²) < 4.78 is 0. The number of hydrogen-bond donors (Lipinski definition) is 3. The maximum Gasteiger partial charge on any atom is 2.00 e. The zero-order valence-electron chi connectivity index (χ0n) is 14.7. The summed E-state index contributed by atoms with van der Waals surface area (Å²) in [5.41, 5.74) is 7.68. The summed E-state index contributed by atoms with van der Waals surface area (Å²) in [5.74, 6) is -0.0813. The molecule has 0 atom stereocenters. The minimum atomic E-state index is -0.0813. The Morgan fingerprint density at radius 1 is 0.963 bits per heavy atom. The Kier molecular flexibility index (Phi) is 12.4. The fraction of sp³-hybridized carbons (Fsp3) is 0.263. The quantitative estimate of drug-likeness (QED) is 0.195. The molecule has 148 valence electrons. The summed E-state index contributed by atoms with van der Waals surface area (Å²) in [6.07, 6.45) is 0.868. The van der Waals surface area contributed by atoms with Gasteiger partial charge in [-0.05, 0) is 31.2 Å². The molecule has 0 bridgehead atoms. The van der Waals surface area contributed by atoms with Crippen LogP contribution in [0.4, 0.5) is 0 Å². The topological polar surface area (TPSA) is 80.0 Å². The third-order valence-corrected chi connectivity index (χ3v) is 3.93. The van der Waals surface area contributed by atoms with Crippen LogP contribution in [0.5, 0.6) is 0 Å². The van der Waals surface area contributed by atoms with Crippen molar-refractivity contribution in [1.82, 2.24) is 15.6 Å². The second-order valence-corrected chi connectivity index (χ2v) is 5.71. The summed E-state index contributed by atoms with van der Waals surface area (Å²) in [5, 5.41) is 8.23. The van der Waals surface area contributed by atoms with Gasteiger partial charge < -0.3 is 41.2 Å². The summed E-state index contributed by atoms with van der Waals surface area (Å²) in [6, 6.07) is 15.7. The van der Waals surface area contributed by atoms with E-state index in [4.69, 9.17) is 5.73 Å². The molecule has 4 N–H and O–H groups in total. The zero-order chi connectivity index (χ0) is 16.8. The molecule has 1 heterocycles. The van der Waals surface area contributed by atoms with E-state index >= 15 is 0 Å². The first-order valence-electron chi connectivity index (χ1n) is 8.27. The Balaban J connectivity index is 0.00000225. The van der Waals surface area contributed by atoms with Crippen molar-refractivity contribution in [1.29, 1.82) is 0 Å². The van der Waals surface area contributed by atoms with E-state index in [1.807, 2.05) is 42.5 Å². The van der Waals surface area contributed by atoms with E-state index in [-0.39, 0.29) is 51.8 Å². The number of carbonyl (C=O) groups is 1. The molecule has 0 aliphatic heterocycles. The zero-order valence-corrected chi connectivity index (χ0v) is 18.4. The number of rotatable bonds is 7. The molecule has 0 saturated carbocycles. The van der Waals surface area contributed by atoms with Crippen LogP contribution >= 0.6 is 0 Å². The Hall–Kier alpha value is -1.23.